The van der Waals surface area contributed by atoms with E-state index in [1.807, 2.05) is 12.1 Å². The van der Waals surface area contributed by atoms with Crippen molar-refractivity contribution >= 4 is 0 Å². The van der Waals surface area contributed by atoms with E-state index in [4.69, 9.17) is 0 Å². The van der Waals surface area contributed by atoms with Crippen LogP contribution in [0.4, 0.5) is 0 Å². The molecule has 0 saturated heterocycles. The molecule has 0 amide bonds. The highest BCUT2D eigenvalue weighted by Crippen LogP contribution is 2.34. The molecule has 0 atom stereocenters. The van der Waals surface area contributed by atoms with Gasteiger partial charge >= 0.3 is 0 Å². The topological polar surface area (TPSA) is 40.5 Å². The summed E-state index contributed by atoms with van der Waals surface area (Å²) in [5.41, 5.74) is 7.05. The fraction of sp³-hybridized carbons (Fsp3) is 0.471. The maximum Gasteiger partial charge on any atom is 0.124 e. The number of phenolic OH excluding ortho intramolecular Hbond substituents is 2. The van der Waals surface area contributed by atoms with Crippen molar-refractivity contribution in [3.05, 3.63) is 94.0 Å². The monoisotopic (exact) mass is 518 g/mol. The number of nitrogens with zero attached hydrogens (tertiary/aromatic N) is 2. The van der Waals surface area contributed by atoms with Gasteiger partial charge in [-0.15, -0.1) is 0 Å². The Bertz CT molecular complexity index is 1140. The Morgan fingerprint density at radius 2 is 0.842 bits per heavy atom. The quantitative estimate of drug-likeness (QED) is 0.299. The van der Waals surface area contributed by atoms with Crippen molar-refractivity contribution in [1.82, 2.24) is 0 Å². The molecule has 0 aliphatic rings. The van der Waals surface area contributed by atoms with E-state index in [1.54, 1.807) is 0 Å². The molecule has 0 heterocycles. The lowest BCUT2D eigenvalue weighted by Crippen LogP contribution is -2.33. The lowest BCUT2D eigenvalue weighted by Gasteiger charge is -2.30. The van der Waals surface area contributed by atoms with E-state index in [-0.39, 0.29) is 10.8 Å². The van der Waals surface area contributed by atoms with Crippen molar-refractivity contribution in [2.75, 3.05) is 42.3 Å². The normalized spacial score (nSPS) is 13.1. The number of hydrogen-bond acceptors (Lipinski definition) is 2. The standard InChI is InChI=1S/C34H48N2O2/c1-33(2,21-25-11-17-31(37)27(19-25)23-35(5,6)7)29-13-15-30(16-14-29)34(3,4)22-26-12-18-32(38)28(20-26)24-36(8,9)10/h11-20H,21-24H2,1-10H3/p+2. The minimum atomic E-state index is -0.0371. The van der Waals surface area contributed by atoms with Crippen molar-refractivity contribution in [3.8, 4) is 11.5 Å². The number of quaternary nitrogens is 2. The predicted molar refractivity (Wildman–Crippen MR) is 160 cm³/mol. The van der Waals surface area contributed by atoms with Gasteiger partial charge in [0.1, 0.15) is 24.6 Å². The van der Waals surface area contributed by atoms with E-state index >= 15 is 0 Å². The minimum absolute atomic E-state index is 0.0371. The molecular formula is C34H50N2O2+2. The third-order valence-corrected chi connectivity index (χ3v) is 7.32. The average Bonchev–Trinajstić information content (AvgIpc) is 2.76. The van der Waals surface area contributed by atoms with E-state index in [1.165, 1.54) is 22.3 Å². The summed E-state index contributed by atoms with van der Waals surface area (Å²) in [6.07, 6.45) is 1.81. The average molecular weight is 519 g/mol. The van der Waals surface area contributed by atoms with Gasteiger partial charge in [-0.25, -0.2) is 0 Å². The molecule has 2 N–H and O–H groups in total. The van der Waals surface area contributed by atoms with E-state index in [9.17, 15) is 10.2 Å². The van der Waals surface area contributed by atoms with Crippen LogP contribution in [0.5, 0.6) is 11.5 Å². The number of benzene rings is 3. The van der Waals surface area contributed by atoms with Crippen LogP contribution in [0.15, 0.2) is 60.7 Å². The van der Waals surface area contributed by atoms with Crippen LogP contribution in [0.25, 0.3) is 0 Å². The van der Waals surface area contributed by atoms with Gasteiger partial charge in [0.15, 0.2) is 0 Å². The molecule has 3 rings (SSSR count). The second kappa shape index (κ2) is 10.7. The van der Waals surface area contributed by atoms with E-state index in [0.717, 1.165) is 46.0 Å². The molecule has 0 unspecified atom stereocenters. The molecule has 3 aromatic rings. The first-order chi connectivity index (χ1) is 17.3. The molecule has 38 heavy (non-hydrogen) atoms. The summed E-state index contributed by atoms with van der Waals surface area (Å²) >= 11 is 0. The van der Waals surface area contributed by atoms with Gasteiger partial charge < -0.3 is 19.2 Å². The first kappa shape index (κ1) is 29.7. The Hall–Kier alpha value is -2.82. The van der Waals surface area contributed by atoms with Gasteiger partial charge in [-0.05, 0) is 70.2 Å². The molecule has 3 aromatic carbocycles. The molecule has 0 aliphatic carbocycles. The molecule has 206 valence electrons. The highest BCUT2D eigenvalue weighted by molar-refractivity contribution is 5.40. The molecule has 0 aromatic heterocycles. The molecule has 0 saturated carbocycles. The lowest BCUT2D eigenvalue weighted by molar-refractivity contribution is -0.884. The minimum Gasteiger partial charge on any atom is -0.507 e. The Labute approximate surface area is 231 Å². The van der Waals surface area contributed by atoms with Gasteiger partial charge in [0.05, 0.1) is 42.3 Å². The lowest BCUT2D eigenvalue weighted by atomic mass is 9.75. The zero-order chi connectivity index (χ0) is 28.5. The fourth-order valence-electron chi connectivity index (χ4n) is 5.37. The number of phenols is 2. The van der Waals surface area contributed by atoms with Gasteiger partial charge in [-0.3, -0.25) is 0 Å². The fourth-order valence-corrected chi connectivity index (χ4v) is 5.37. The molecule has 0 fully saturated rings. The van der Waals surface area contributed by atoms with E-state index in [2.05, 4.69) is 119 Å². The largest absolute Gasteiger partial charge is 0.507 e. The zero-order valence-corrected chi connectivity index (χ0v) is 25.4. The Morgan fingerprint density at radius 3 is 1.13 bits per heavy atom. The Balaban J connectivity index is 1.77. The highest BCUT2D eigenvalue weighted by Gasteiger charge is 2.26. The zero-order valence-electron chi connectivity index (χ0n) is 25.4. The van der Waals surface area contributed by atoms with Crippen molar-refractivity contribution in [2.45, 2.75) is 64.5 Å². The molecule has 0 spiro atoms. The first-order valence-electron chi connectivity index (χ1n) is 13.7. The predicted octanol–water partition coefficient (Wildman–Crippen LogP) is 6.55. The van der Waals surface area contributed by atoms with Crippen LogP contribution < -0.4 is 0 Å². The smallest absolute Gasteiger partial charge is 0.124 e. The second-order valence-electron chi connectivity index (χ2n) is 14.5. The molecule has 4 heteroatoms. The van der Waals surface area contributed by atoms with Crippen LogP contribution in [-0.4, -0.2) is 61.5 Å². The van der Waals surface area contributed by atoms with Crippen LogP contribution in [0, 0.1) is 0 Å². The van der Waals surface area contributed by atoms with Gasteiger partial charge in [0, 0.05) is 11.1 Å². The van der Waals surface area contributed by atoms with Crippen molar-refractivity contribution in [1.29, 1.82) is 0 Å². The SMILES string of the molecule is CC(C)(Cc1ccc(O)c(C[N+](C)(C)C)c1)c1ccc(C(C)(C)Cc2ccc(O)c(C[N+](C)(C)C)c2)cc1. The summed E-state index contributed by atoms with van der Waals surface area (Å²) in [6, 6.07) is 21.3. The summed E-state index contributed by atoms with van der Waals surface area (Å²) in [5, 5.41) is 20.8. The molecule has 0 radical (unpaired) electrons. The molecule has 0 bridgehead atoms. The highest BCUT2D eigenvalue weighted by atomic mass is 16.3. The molecular weight excluding hydrogens is 468 g/mol. The van der Waals surface area contributed by atoms with Crippen LogP contribution in [0.1, 0.15) is 61.1 Å². The number of aromatic hydroxyl groups is 2. The maximum atomic E-state index is 10.4. The maximum absolute atomic E-state index is 10.4. The van der Waals surface area contributed by atoms with Crippen LogP contribution in [-0.2, 0) is 36.8 Å². The van der Waals surface area contributed by atoms with Crippen LogP contribution >= 0.6 is 0 Å². The van der Waals surface area contributed by atoms with Crippen LogP contribution in [0.2, 0.25) is 0 Å². The van der Waals surface area contributed by atoms with Gasteiger partial charge in [0.2, 0.25) is 0 Å². The van der Waals surface area contributed by atoms with Crippen molar-refractivity contribution < 1.29 is 19.2 Å². The van der Waals surface area contributed by atoms with E-state index < -0.39 is 0 Å². The third kappa shape index (κ3) is 8.09. The van der Waals surface area contributed by atoms with Crippen molar-refractivity contribution in [3.63, 3.8) is 0 Å². The molecule has 0 aliphatic heterocycles. The van der Waals surface area contributed by atoms with Gasteiger partial charge in [0.25, 0.3) is 0 Å². The van der Waals surface area contributed by atoms with Crippen molar-refractivity contribution in [2.24, 2.45) is 0 Å². The number of hydrogen-bond donors (Lipinski definition) is 2. The summed E-state index contributed by atoms with van der Waals surface area (Å²) < 4.78 is 1.55. The Morgan fingerprint density at radius 1 is 0.526 bits per heavy atom. The van der Waals surface area contributed by atoms with Crippen LogP contribution in [0.3, 0.4) is 0 Å². The number of rotatable bonds is 10. The first-order valence-corrected chi connectivity index (χ1v) is 13.7. The summed E-state index contributed by atoms with van der Waals surface area (Å²) in [6.45, 7) is 10.8. The second-order valence-corrected chi connectivity index (χ2v) is 14.5. The summed E-state index contributed by atoms with van der Waals surface area (Å²) in [7, 11) is 12.9. The van der Waals surface area contributed by atoms with Gasteiger partial charge in [-0.1, -0.05) is 64.1 Å². The molecule has 4 nitrogen and oxygen atoms in total. The van der Waals surface area contributed by atoms with E-state index in [0.29, 0.717) is 11.5 Å². The van der Waals surface area contributed by atoms with Gasteiger partial charge in [-0.2, -0.15) is 0 Å². The summed E-state index contributed by atoms with van der Waals surface area (Å²) in [5.74, 6) is 0.758. The Kier molecular flexibility index (Phi) is 8.41. The summed E-state index contributed by atoms with van der Waals surface area (Å²) in [4.78, 5) is 0. The third-order valence-electron chi connectivity index (χ3n) is 7.32.